The number of fused-ring (bicyclic) bond motifs is 1. The highest BCUT2D eigenvalue weighted by Crippen LogP contribution is 2.40. The van der Waals surface area contributed by atoms with Gasteiger partial charge >= 0.3 is 12.0 Å². The lowest BCUT2D eigenvalue weighted by molar-refractivity contribution is -0.318. The summed E-state index contributed by atoms with van der Waals surface area (Å²) >= 11 is 0. The minimum atomic E-state index is -1.95. The lowest BCUT2D eigenvalue weighted by atomic mass is 9.77. The van der Waals surface area contributed by atoms with E-state index in [4.69, 9.17) is 28.4 Å². The van der Waals surface area contributed by atoms with Crippen molar-refractivity contribution in [3.05, 3.63) is 42.5 Å². The van der Waals surface area contributed by atoms with Gasteiger partial charge in [-0.25, -0.2) is 4.79 Å². The normalized spacial score (nSPS) is 41.0. The number of nitrogens with one attached hydrogen (secondary N) is 2. The summed E-state index contributed by atoms with van der Waals surface area (Å²) in [7, 11) is 5.24. The SMILES string of the molecule is CC[C@H]1OC(=O)[C@H](C)[C@@H](O[C@H]2C[C@@](C)(OC)[C@@H](O)[C@H](C)O2)[C@H](C)[C@@H](O[C@@H]2O[C@H](C)C[C@H](N(C)C)[C@H]2O)[C@](C)(O)C[C@@H](C)CN(CCNC(=O)Nc2ccc3ccccc3c2)[C@H](C)[C@@H](O)[C@]1(C)O. The molecule has 3 heterocycles. The van der Waals surface area contributed by atoms with E-state index < -0.39 is 102 Å². The summed E-state index contributed by atoms with van der Waals surface area (Å²) in [5, 5.41) is 67.8. The minimum absolute atomic E-state index is 0.0948. The number of aliphatic hydroxyl groups is 5. The van der Waals surface area contributed by atoms with Gasteiger partial charge in [0, 0.05) is 56.9 Å². The number of ether oxygens (including phenoxy) is 6. The predicted molar refractivity (Wildman–Crippen MR) is 254 cm³/mol. The first kappa shape index (κ1) is 54.9. The summed E-state index contributed by atoms with van der Waals surface area (Å²) in [4.78, 5) is 31.6. The molecule has 2 amide bonds. The molecule has 5 rings (SSSR count). The van der Waals surface area contributed by atoms with Crippen LogP contribution in [-0.4, -0.2) is 178 Å². The molecule has 17 nitrogen and oxygen atoms in total. The molecular formula is C50H82N4O13. The molecule has 17 heteroatoms. The Morgan fingerprint density at radius 2 is 1.60 bits per heavy atom. The van der Waals surface area contributed by atoms with Crippen molar-refractivity contribution in [2.45, 2.75) is 185 Å². The van der Waals surface area contributed by atoms with Crippen LogP contribution in [0.1, 0.15) is 94.9 Å². The first-order valence-electron chi connectivity index (χ1n) is 24.1. The van der Waals surface area contributed by atoms with Crippen molar-refractivity contribution in [2.75, 3.05) is 46.2 Å². The van der Waals surface area contributed by atoms with Crippen molar-refractivity contribution in [2.24, 2.45) is 17.8 Å². The summed E-state index contributed by atoms with van der Waals surface area (Å²) in [6, 6.07) is 12.0. The number of hydrogen-bond acceptors (Lipinski definition) is 15. The van der Waals surface area contributed by atoms with Gasteiger partial charge in [0.1, 0.15) is 30.0 Å². The zero-order valence-corrected chi connectivity index (χ0v) is 42.0. The number of hydrogen-bond donors (Lipinski definition) is 7. The molecule has 2 aromatic carbocycles. The van der Waals surface area contributed by atoms with E-state index in [0.717, 1.165) is 10.8 Å². The summed E-state index contributed by atoms with van der Waals surface area (Å²) < 4.78 is 38.0. The zero-order valence-electron chi connectivity index (χ0n) is 42.0. The largest absolute Gasteiger partial charge is 0.459 e. The monoisotopic (exact) mass is 947 g/mol. The highest BCUT2D eigenvalue weighted by Gasteiger charge is 2.53. The Balaban J connectivity index is 1.50. The van der Waals surface area contributed by atoms with Gasteiger partial charge in [-0.2, -0.15) is 0 Å². The van der Waals surface area contributed by atoms with Crippen LogP contribution in [0.5, 0.6) is 0 Å². The molecule has 7 N–H and O–H groups in total. The van der Waals surface area contributed by atoms with Crippen molar-refractivity contribution in [3.63, 3.8) is 0 Å². The van der Waals surface area contributed by atoms with E-state index in [1.165, 1.54) is 14.0 Å². The van der Waals surface area contributed by atoms with Gasteiger partial charge in [-0.05, 0) is 111 Å². The van der Waals surface area contributed by atoms with Crippen LogP contribution in [0.2, 0.25) is 0 Å². The van der Waals surface area contributed by atoms with Gasteiger partial charge in [0.05, 0.1) is 41.5 Å². The maximum atomic E-state index is 14.6. The molecule has 0 saturated carbocycles. The Hall–Kier alpha value is -3.04. The van der Waals surface area contributed by atoms with Crippen molar-refractivity contribution in [1.29, 1.82) is 0 Å². The fourth-order valence-electron chi connectivity index (χ4n) is 10.7. The number of nitrogens with zero attached hydrogens (tertiary/aromatic N) is 2. The van der Waals surface area contributed by atoms with Crippen LogP contribution in [0.25, 0.3) is 10.8 Å². The molecule has 3 aliphatic heterocycles. The summed E-state index contributed by atoms with van der Waals surface area (Å²) in [6.07, 6.45) is -9.20. The van der Waals surface area contributed by atoms with Gasteiger partial charge in [-0.1, -0.05) is 51.1 Å². The number of likely N-dealkylation sites (N-methyl/N-ethyl adjacent to an activating group) is 1. The average molecular weight is 947 g/mol. The van der Waals surface area contributed by atoms with E-state index in [9.17, 15) is 35.1 Å². The van der Waals surface area contributed by atoms with Gasteiger partial charge in [0.2, 0.25) is 0 Å². The first-order chi connectivity index (χ1) is 31.3. The molecule has 380 valence electrons. The Labute approximate surface area is 397 Å². The van der Waals surface area contributed by atoms with Gasteiger partial charge in [-0.3, -0.25) is 9.69 Å². The number of rotatable bonds is 11. The number of benzene rings is 2. The van der Waals surface area contributed by atoms with Crippen LogP contribution in [0, 0.1) is 17.8 Å². The molecular weight excluding hydrogens is 865 g/mol. The molecule has 0 aliphatic carbocycles. The second-order valence-electron chi connectivity index (χ2n) is 20.7. The smallest absolute Gasteiger partial charge is 0.319 e. The minimum Gasteiger partial charge on any atom is -0.459 e. The number of carbonyl (C=O) groups excluding carboxylic acids is 2. The highest BCUT2D eigenvalue weighted by molar-refractivity contribution is 5.93. The van der Waals surface area contributed by atoms with Crippen molar-refractivity contribution >= 4 is 28.5 Å². The molecule has 18 atom stereocenters. The zero-order chi connectivity index (χ0) is 49.8. The third-order valence-corrected chi connectivity index (χ3v) is 14.7. The van der Waals surface area contributed by atoms with Crippen molar-refractivity contribution in [1.82, 2.24) is 15.1 Å². The van der Waals surface area contributed by atoms with E-state index in [1.54, 1.807) is 48.5 Å². The van der Waals surface area contributed by atoms with Crippen LogP contribution < -0.4 is 10.6 Å². The molecule has 3 aliphatic rings. The molecule has 3 saturated heterocycles. The number of urea groups is 1. The van der Waals surface area contributed by atoms with Gasteiger partial charge < -0.3 is 69.5 Å². The summed E-state index contributed by atoms with van der Waals surface area (Å²) in [6.45, 7) is 18.1. The van der Waals surface area contributed by atoms with Crippen molar-refractivity contribution < 1.29 is 63.5 Å². The lowest BCUT2D eigenvalue weighted by Gasteiger charge is -2.48. The molecule has 0 bridgehead atoms. The Bertz CT molecular complexity index is 1920. The second kappa shape index (κ2) is 22.8. The molecule has 0 aromatic heterocycles. The average Bonchev–Trinajstić information content (AvgIpc) is 3.27. The van der Waals surface area contributed by atoms with E-state index in [2.05, 4.69) is 10.6 Å². The first-order valence-corrected chi connectivity index (χ1v) is 24.1. The predicted octanol–water partition coefficient (Wildman–Crippen LogP) is 4.25. The van der Waals surface area contributed by atoms with Crippen molar-refractivity contribution in [3.8, 4) is 0 Å². The molecule has 3 fully saturated rings. The molecule has 2 aromatic rings. The fourth-order valence-corrected chi connectivity index (χ4v) is 10.7. The number of methoxy groups -OCH3 is 1. The van der Waals surface area contributed by atoms with Gasteiger partial charge in [-0.15, -0.1) is 0 Å². The Kier molecular flexibility index (Phi) is 18.7. The van der Waals surface area contributed by atoms with Crippen LogP contribution >= 0.6 is 0 Å². The third kappa shape index (κ3) is 13.0. The summed E-state index contributed by atoms with van der Waals surface area (Å²) in [5.41, 5.74) is -4.06. The standard InChI is InChI=1S/C50H82N4O13/c1-14-38-50(10,61)42(56)32(6)54(22-21-51-47(59)52-36-20-19-34-17-15-16-18-35(34)24-36)27-28(2)25-48(8,60)44(67-46-40(55)37(53(11)12)23-29(3)63-46)30(4)41(31(5)45(58)65-38)66-39-26-49(9,62-13)43(57)33(7)64-39/h15-20,24,28-33,37-44,46,55-57,60-61H,14,21-23,25-27H2,1-13H3,(H2,51,52,59)/t28-,29-,30+,31-,32-,33+,37+,38-,39+,40-,41+,42-,43+,44-,46+,48-,49-,50-/m1/s1. The van der Waals surface area contributed by atoms with Crippen LogP contribution in [0.3, 0.4) is 0 Å². The molecule has 0 radical (unpaired) electrons. The quantitative estimate of drug-likeness (QED) is 0.157. The number of amides is 2. The van der Waals surface area contributed by atoms with E-state index in [1.807, 2.05) is 80.2 Å². The number of esters is 1. The van der Waals surface area contributed by atoms with E-state index in [0.29, 0.717) is 18.7 Å². The Morgan fingerprint density at radius 3 is 2.24 bits per heavy atom. The number of cyclic esters (lactones) is 1. The molecule has 0 unspecified atom stereocenters. The topological polar surface area (TPSA) is 221 Å². The number of anilines is 1. The van der Waals surface area contributed by atoms with Gasteiger partial charge in [0.15, 0.2) is 12.6 Å². The van der Waals surface area contributed by atoms with E-state index >= 15 is 0 Å². The lowest BCUT2D eigenvalue weighted by Crippen LogP contribution is -2.60. The third-order valence-electron chi connectivity index (χ3n) is 14.7. The van der Waals surface area contributed by atoms with Gasteiger partial charge in [0.25, 0.3) is 0 Å². The number of aliphatic hydroxyl groups excluding tert-OH is 3. The van der Waals surface area contributed by atoms with E-state index in [-0.39, 0.29) is 50.4 Å². The highest BCUT2D eigenvalue weighted by atomic mass is 16.7. The van der Waals surface area contributed by atoms with Crippen LogP contribution in [-0.2, 0) is 33.2 Å². The summed E-state index contributed by atoms with van der Waals surface area (Å²) in [5.74, 6) is -2.95. The molecule has 0 spiro atoms. The molecule has 67 heavy (non-hydrogen) atoms. The van der Waals surface area contributed by atoms with Crippen LogP contribution in [0.15, 0.2) is 42.5 Å². The Morgan fingerprint density at radius 1 is 0.925 bits per heavy atom. The number of carbonyl (C=O) groups is 2. The van der Waals surface area contributed by atoms with Crippen LogP contribution in [0.4, 0.5) is 10.5 Å². The fraction of sp³-hybridized carbons (Fsp3) is 0.760. The maximum Gasteiger partial charge on any atom is 0.319 e. The second-order valence-corrected chi connectivity index (χ2v) is 20.7. The maximum absolute atomic E-state index is 14.6.